The van der Waals surface area contributed by atoms with Crippen molar-refractivity contribution in [3.63, 3.8) is 0 Å². The molecule has 1 aliphatic carbocycles. The highest BCUT2D eigenvalue weighted by Crippen LogP contribution is 2.43. The third-order valence-electron chi connectivity index (χ3n) is 5.51. The normalized spacial score (nSPS) is 20.6. The Morgan fingerprint density at radius 1 is 1.00 bits per heavy atom. The van der Waals surface area contributed by atoms with Gasteiger partial charge in [0, 0.05) is 18.5 Å². The maximum atomic E-state index is 13.2. The summed E-state index contributed by atoms with van der Waals surface area (Å²) in [5, 5.41) is 0. The molecule has 2 aromatic carbocycles. The zero-order chi connectivity index (χ0) is 17.6. The predicted molar refractivity (Wildman–Crippen MR) is 104 cm³/mol. The highest BCUT2D eigenvalue weighted by atomic mass is 19.1. The Bertz CT molecular complexity index is 637. The molecule has 3 rings (SSSR count). The van der Waals surface area contributed by atoms with Crippen molar-refractivity contribution in [2.75, 3.05) is 6.54 Å². The molecule has 0 heterocycles. The van der Waals surface area contributed by atoms with Gasteiger partial charge in [0.05, 0.1) is 0 Å². The standard InChI is InChI=1S/C23H30FN/c1-3-21(25(4-2)17-19-8-6-5-7-9-19)15-12-18-10-13-20(14-11-18)22-16-23(22)24/h5-11,13-14,21-23H,3-4,12,15-17H2,1-2H3. The van der Waals surface area contributed by atoms with Gasteiger partial charge in [-0.2, -0.15) is 0 Å². The van der Waals surface area contributed by atoms with Crippen LogP contribution in [0.25, 0.3) is 0 Å². The second-order valence-corrected chi connectivity index (χ2v) is 7.25. The summed E-state index contributed by atoms with van der Waals surface area (Å²) >= 11 is 0. The average Bonchev–Trinajstić information content (AvgIpc) is 3.39. The van der Waals surface area contributed by atoms with Crippen LogP contribution >= 0.6 is 0 Å². The maximum Gasteiger partial charge on any atom is 0.108 e. The molecule has 1 aliphatic rings. The minimum Gasteiger partial charge on any atom is -0.296 e. The van der Waals surface area contributed by atoms with Gasteiger partial charge in [-0.15, -0.1) is 0 Å². The predicted octanol–water partition coefficient (Wildman–Crippen LogP) is 5.75. The van der Waals surface area contributed by atoms with E-state index in [0.717, 1.165) is 19.5 Å². The smallest absolute Gasteiger partial charge is 0.108 e. The number of nitrogens with zero attached hydrogens (tertiary/aromatic N) is 1. The Morgan fingerprint density at radius 2 is 1.68 bits per heavy atom. The minimum atomic E-state index is -0.605. The topological polar surface area (TPSA) is 3.24 Å². The fourth-order valence-electron chi connectivity index (χ4n) is 3.74. The average molecular weight is 339 g/mol. The van der Waals surface area contributed by atoms with E-state index in [4.69, 9.17) is 0 Å². The molecule has 0 saturated heterocycles. The fraction of sp³-hybridized carbons (Fsp3) is 0.478. The Hall–Kier alpha value is -1.67. The van der Waals surface area contributed by atoms with Gasteiger partial charge in [0.25, 0.3) is 0 Å². The van der Waals surface area contributed by atoms with E-state index < -0.39 is 6.17 Å². The lowest BCUT2D eigenvalue weighted by Crippen LogP contribution is -2.34. The van der Waals surface area contributed by atoms with E-state index in [9.17, 15) is 4.39 Å². The van der Waals surface area contributed by atoms with E-state index >= 15 is 0 Å². The zero-order valence-corrected chi connectivity index (χ0v) is 15.5. The van der Waals surface area contributed by atoms with Gasteiger partial charge in [0.2, 0.25) is 0 Å². The van der Waals surface area contributed by atoms with Gasteiger partial charge >= 0.3 is 0 Å². The molecule has 1 nitrogen and oxygen atoms in total. The summed E-state index contributed by atoms with van der Waals surface area (Å²) in [7, 11) is 0. The van der Waals surface area contributed by atoms with E-state index in [1.807, 2.05) is 0 Å². The summed E-state index contributed by atoms with van der Waals surface area (Å²) in [6, 6.07) is 20.0. The van der Waals surface area contributed by atoms with Gasteiger partial charge in [-0.1, -0.05) is 68.4 Å². The Balaban J connectivity index is 1.55. The van der Waals surface area contributed by atoms with Gasteiger partial charge in [-0.3, -0.25) is 4.90 Å². The third kappa shape index (κ3) is 4.92. The number of rotatable bonds is 9. The van der Waals surface area contributed by atoms with Gasteiger partial charge in [0.1, 0.15) is 6.17 Å². The lowest BCUT2D eigenvalue weighted by molar-refractivity contribution is 0.182. The number of hydrogen-bond acceptors (Lipinski definition) is 1. The summed E-state index contributed by atoms with van der Waals surface area (Å²) in [5.74, 6) is 0.166. The van der Waals surface area contributed by atoms with Crippen molar-refractivity contribution in [3.05, 3.63) is 71.3 Å². The SMILES string of the molecule is CCC(CCc1ccc(C2CC2F)cc1)N(CC)Cc1ccccc1. The van der Waals surface area contributed by atoms with Crippen LogP contribution < -0.4 is 0 Å². The van der Waals surface area contributed by atoms with Crippen LogP contribution in [0.4, 0.5) is 4.39 Å². The third-order valence-corrected chi connectivity index (χ3v) is 5.51. The molecular weight excluding hydrogens is 309 g/mol. The van der Waals surface area contributed by atoms with Crippen molar-refractivity contribution in [1.82, 2.24) is 4.90 Å². The molecule has 0 radical (unpaired) electrons. The molecule has 0 aromatic heterocycles. The highest BCUT2D eigenvalue weighted by molar-refractivity contribution is 5.30. The Labute approximate surface area is 151 Å². The first kappa shape index (κ1) is 18.1. The van der Waals surface area contributed by atoms with Gasteiger partial charge in [-0.05, 0) is 48.9 Å². The van der Waals surface area contributed by atoms with Crippen molar-refractivity contribution >= 4 is 0 Å². The molecule has 1 saturated carbocycles. The molecule has 1 fully saturated rings. The van der Waals surface area contributed by atoms with E-state index in [1.54, 1.807) is 0 Å². The first-order valence-electron chi connectivity index (χ1n) is 9.72. The molecule has 3 unspecified atom stereocenters. The molecule has 0 spiro atoms. The van der Waals surface area contributed by atoms with Crippen molar-refractivity contribution in [3.8, 4) is 0 Å². The number of halogens is 1. The van der Waals surface area contributed by atoms with E-state index in [2.05, 4.69) is 73.3 Å². The number of hydrogen-bond donors (Lipinski definition) is 0. The summed E-state index contributed by atoms with van der Waals surface area (Å²) < 4.78 is 13.2. The molecule has 0 amide bonds. The van der Waals surface area contributed by atoms with Crippen LogP contribution in [-0.4, -0.2) is 23.7 Å². The second kappa shape index (κ2) is 8.62. The van der Waals surface area contributed by atoms with Crippen molar-refractivity contribution in [2.45, 2.75) is 64.2 Å². The molecule has 25 heavy (non-hydrogen) atoms. The Kier molecular flexibility index (Phi) is 6.25. The van der Waals surface area contributed by atoms with Crippen LogP contribution in [0.2, 0.25) is 0 Å². The largest absolute Gasteiger partial charge is 0.296 e. The second-order valence-electron chi connectivity index (χ2n) is 7.25. The quantitative estimate of drug-likeness (QED) is 0.562. The van der Waals surface area contributed by atoms with Crippen LogP contribution in [-0.2, 0) is 13.0 Å². The van der Waals surface area contributed by atoms with Crippen molar-refractivity contribution in [1.29, 1.82) is 0 Å². The number of alkyl halides is 1. The first-order chi connectivity index (χ1) is 12.2. The fourth-order valence-corrected chi connectivity index (χ4v) is 3.74. The highest BCUT2D eigenvalue weighted by Gasteiger charge is 2.38. The van der Waals surface area contributed by atoms with Gasteiger partial charge in [-0.25, -0.2) is 4.39 Å². The van der Waals surface area contributed by atoms with Gasteiger partial charge in [0.15, 0.2) is 0 Å². The lowest BCUT2D eigenvalue weighted by Gasteiger charge is -2.30. The Morgan fingerprint density at radius 3 is 2.24 bits per heavy atom. The number of aryl methyl sites for hydroxylation is 1. The van der Waals surface area contributed by atoms with Crippen molar-refractivity contribution < 1.29 is 4.39 Å². The molecule has 2 heteroatoms. The summed E-state index contributed by atoms with van der Waals surface area (Å²) in [6.45, 7) is 6.64. The van der Waals surface area contributed by atoms with Crippen LogP contribution in [0, 0.1) is 0 Å². The zero-order valence-electron chi connectivity index (χ0n) is 15.5. The van der Waals surface area contributed by atoms with Crippen LogP contribution in [0.3, 0.4) is 0 Å². The van der Waals surface area contributed by atoms with Crippen LogP contribution in [0.1, 0.15) is 55.7 Å². The monoisotopic (exact) mass is 339 g/mol. The molecule has 3 atom stereocenters. The molecule has 134 valence electrons. The van der Waals surface area contributed by atoms with E-state index in [1.165, 1.54) is 29.5 Å². The summed E-state index contributed by atoms with van der Waals surface area (Å²) in [6.07, 6.45) is 3.54. The van der Waals surface area contributed by atoms with Crippen LogP contribution in [0.5, 0.6) is 0 Å². The van der Waals surface area contributed by atoms with E-state index in [0.29, 0.717) is 12.5 Å². The van der Waals surface area contributed by atoms with E-state index in [-0.39, 0.29) is 5.92 Å². The molecule has 0 N–H and O–H groups in total. The van der Waals surface area contributed by atoms with Crippen molar-refractivity contribution in [2.24, 2.45) is 0 Å². The summed E-state index contributed by atoms with van der Waals surface area (Å²) in [4.78, 5) is 2.58. The molecule has 0 aliphatic heterocycles. The number of benzene rings is 2. The first-order valence-corrected chi connectivity index (χ1v) is 9.72. The molecule has 0 bridgehead atoms. The lowest BCUT2D eigenvalue weighted by atomic mass is 10.00. The molecule has 2 aromatic rings. The minimum absolute atomic E-state index is 0.166. The van der Waals surface area contributed by atoms with Crippen LogP contribution in [0.15, 0.2) is 54.6 Å². The maximum absolute atomic E-state index is 13.2. The molecular formula is C23H30FN. The van der Waals surface area contributed by atoms with Gasteiger partial charge < -0.3 is 0 Å². The summed E-state index contributed by atoms with van der Waals surface area (Å²) in [5.41, 5.74) is 3.92.